The van der Waals surface area contributed by atoms with Gasteiger partial charge in [0.1, 0.15) is 13.2 Å². The second kappa shape index (κ2) is 10.7. The molecular formula is C14H24N2O5. The van der Waals surface area contributed by atoms with Crippen LogP contribution in [0.4, 0.5) is 9.59 Å². The van der Waals surface area contributed by atoms with E-state index >= 15 is 0 Å². The van der Waals surface area contributed by atoms with Crippen molar-refractivity contribution in [2.24, 2.45) is 5.92 Å². The average molecular weight is 300 g/mol. The zero-order chi connectivity index (χ0) is 16.3. The molecule has 0 saturated carbocycles. The van der Waals surface area contributed by atoms with E-state index < -0.39 is 18.3 Å². The van der Waals surface area contributed by atoms with E-state index in [-0.39, 0.29) is 32.2 Å². The van der Waals surface area contributed by atoms with E-state index in [1.807, 2.05) is 0 Å². The molecule has 0 radical (unpaired) electrons. The Kier molecular flexibility index (Phi) is 9.70. The maximum atomic E-state index is 11.6. The number of carbonyl (C=O) groups excluding carboxylic acids is 2. The molecule has 0 aliphatic rings. The van der Waals surface area contributed by atoms with Crippen LogP contribution in [0.5, 0.6) is 0 Å². The molecule has 2 atom stereocenters. The SMILES string of the molecule is C=CCOC(=O)NC[C@@H](CN(C)C(=O)OCC=C)[C@@H](C)O. The van der Waals surface area contributed by atoms with E-state index in [0.29, 0.717) is 0 Å². The molecule has 2 N–H and O–H groups in total. The summed E-state index contributed by atoms with van der Waals surface area (Å²) in [5.41, 5.74) is 0. The van der Waals surface area contributed by atoms with E-state index in [1.165, 1.54) is 17.1 Å². The van der Waals surface area contributed by atoms with Crippen LogP contribution in [0.15, 0.2) is 25.3 Å². The summed E-state index contributed by atoms with van der Waals surface area (Å²) in [6.45, 7) is 9.10. The molecule has 7 heteroatoms. The quantitative estimate of drug-likeness (QED) is 0.624. The summed E-state index contributed by atoms with van der Waals surface area (Å²) in [5, 5.41) is 12.2. The van der Waals surface area contributed by atoms with Crippen LogP contribution in [0.1, 0.15) is 6.92 Å². The van der Waals surface area contributed by atoms with Gasteiger partial charge in [-0.25, -0.2) is 9.59 Å². The molecule has 0 unspecified atom stereocenters. The molecule has 0 heterocycles. The third-order valence-corrected chi connectivity index (χ3v) is 2.67. The highest BCUT2D eigenvalue weighted by Crippen LogP contribution is 2.06. The van der Waals surface area contributed by atoms with Gasteiger partial charge < -0.3 is 24.8 Å². The van der Waals surface area contributed by atoms with E-state index in [0.717, 1.165) is 0 Å². The number of nitrogens with zero attached hydrogens (tertiary/aromatic N) is 1. The molecule has 0 aromatic heterocycles. The lowest BCUT2D eigenvalue weighted by atomic mass is 10.0. The van der Waals surface area contributed by atoms with Gasteiger partial charge in [0.05, 0.1) is 6.10 Å². The molecular weight excluding hydrogens is 276 g/mol. The summed E-state index contributed by atoms with van der Waals surface area (Å²) in [5.74, 6) is -0.345. The van der Waals surface area contributed by atoms with Crippen LogP contribution >= 0.6 is 0 Å². The van der Waals surface area contributed by atoms with E-state index in [9.17, 15) is 14.7 Å². The lowest BCUT2D eigenvalue weighted by molar-refractivity contribution is 0.0811. The molecule has 21 heavy (non-hydrogen) atoms. The fourth-order valence-corrected chi connectivity index (χ4v) is 1.45. The third kappa shape index (κ3) is 8.69. The number of rotatable bonds is 9. The minimum Gasteiger partial charge on any atom is -0.445 e. The number of amides is 2. The molecule has 0 aromatic carbocycles. The number of alkyl carbamates (subject to hydrolysis) is 1. The van der Waals surface area contributed by atoms with Gasteiger partial charge in [-0.3, -0.25) is 0 Å². The summed E-state index contributed by atoms with van der Waals surface area (Å²) < 4.78 is 9.64. The number of aliphatic hydroxyl groups excluding tert-OH is 1. The smallest absolute Gasteiger partial charge is 0.409 e. The number of hydrogen-bond acceptors (Lipinski definition) is 5. The Morgan fingerprint density at radius 1 is 1.29 bits per heavy atom. The maximum absolute atomic E-state index is 11.6. The van der Waals surface area contributed by atoms with Gasteiger partial charge in [0.2, 0.25) is 0 Å². The molecule has 2 amide bonds. The van der Waals surface area contributed by atoms with Crippen molar-refractivity contribution in [3.05, 3.63) is 25.3 Å². The van der Waals surface area contributed by atoms with E-state index in [4.69, 9.17) is 9.47 Å². The lowest BCUT2D eigenvalue weighted by Crippen LogP contribution is -2.42. The number of aliphatic hydroxyl groups is 1. The zero-order valence-electron chi connectivity index (χ0n) is 12.6. The predicted molar refractivity (Wildman–Crippen MR) is 78.9 cm³/mol. The van der Waals surface area contributed by atoms with Gasteiger partial charge in [0, 0.05) is 26.1 Å². The Labute approximate surface area is 125 Å². The van der Waals surface area contributed by atoms with Gasteiger partial charge in [-0.2, -0.15) is 0 Å². The standard InChI is InChI=1S/C14H24N2O5/c1-5-7-20-13(18)15-9-12(11(3)17)10-16(4)14(19)21-8-6-2/h5-6,11-12,17H,1-2,7-10H2,3-4H3,(H,15,18)/t11-,12+/m1/s1. The Hall–Kier alpha value is -2.02. The zero-order valence-corrected chi connectivity index (χ0v) is 12.6. The van der Waals surface area contributed by atoms with Crippen molar-refractivity contribution in [1.82, 2.24) is 10.2 Å². The van der Waals surface area contributed by atoms with Crippen LogP contribution < -0.4 is 5.32 Å². The molecule has 7 nitrogen and oxygen atoms in total. The molecule has 0 spiro atoms. The molecule has 0 bridgehead atoms. The molecule has 0 aromatic rings. The van der Waals surface area contributed by atoms with Crippen molar-refractivity contribution in [2.45, 2.75) is 13.0 Å². The second-order valence-corrected chi connectivity index (χ2v) is 4.51. The van der Waals surface area contributed by atoms with Crippen molar-refractivity contribution in [2.75, 3.05) is 33.4 Å². The number of hydrogen-bond donors (Lipinski definition) is 2. The van der Waals surface area contributed by atoms with Gasteiger partial charge in [-0.05, 0) is 6.92 Å². The van der Waals surface area contributed by atoms with E-state index in [1.54, 1.807) is 14.0 Å². The van der Waals surface area contributed by atoms with Crippen molar-refractivity contribution >= 4 is 12.2 Å². The van der Waals surface area contributed by atoms with Crippen LogP contribution in [-0.4, -0.2) is 61.6 Å². The summed E-state index contributed by atoms with van der Waals surface area (Å²) in [7, 11) is 1.55. The Balaban J connectivity index is 4.29. The van der Waals surface area contributed by atoms with Crippen LogP contribution in [-0.2, 0) is 9.47 Å². The third-order valence-electron chi connectivity index (χ3n) is 2.67. The largest absolute Gasteiger partial charge is 0.445 e. The highest BCUT2D eigenvalue weighted by atomic mass is 16.6. The van der Waals surface area contributed by atoms with Crippen LogP contribution in [0, 0.1) is 5.92 Å². The molecule has 0 rings (SSSR count). The molecule has 120 valence electrons. The van der Waals surface area contributed by atoms with Crippen LogP contribution in [0.3, 0.4) is 0 Å². The van der Waals surface area contributed by atoms with Crippen molar-refractivity contribution in [3.63, 3.8) is 0 Å². The van der Waals surface area contributed by atoms with Crippen molar-refractivity contribution in [1.29, 1.82) is 0 Å². The topological polar surface area (TPSA) is 88.1 Å². The normalized spacial score (nSPS) is 12.7. The van der Waals surface area contributed by atoms with Crippen LogP contribution in [0.25, 0.3) is 0 Å². The summed E-state index contributed by atoms with van der Waals surface area (Å²) >= 11 is 0. The van der Waals surface area contributed by atoms with Crippen LogP contribution in [0.2, 0.25) is 0 Å². The minimum atomic E-state index is -0.709. The number of ether oxygens (including phenoxy) is 2. The molecule has 0 aliphatic heterocycles. The lowest BCUT2D eigenvalue weighted by Gasteiger charge is -2.25. The fraction of sp³-hybridized carbons (Fsp3) is 0.571. The second-order valence-electron chi connectivity index (χ2n) is 4.51. The Bertz CT molecular complexity index is 357. The first kappa shape index (κ1) is 19.0. The summed E-state index contributed by atoms with van der Waals surface area (Å²) in [6.07, 6.45) is 1.09. The first-order chi connectivity index (χ1) is 9.92. The fourth-order valence-electron chi connectivity index (χ4n) is 1.45. The monoisotopic (exact) mass is 300 g/mol. The van der Waals surface area contributed by atoms with Gasteiger partial charge in [-0.15, -0.1) is 0 Å². The van der Waals surface area contributed by atoms with Gasteiger partial charge in [0.15, 0.2) is 0 Å². The summed E-state index contributed by atoms with van der Waals surface area (Å²) in [4.78, 5) is 24.2. The number of carbonyl (C=O) groups is 2. The highest BCUT2D eigenvalue weighted by Gasteiger charge is 2.21. The summed E-state index contributed by atoms with van der Waals surface area (Å²) in [6, 6.07) is 0. The Morgan fingerprint density at radius 3 is 2.38 bits per heavy atom. The van der Waals surface area contributed by atoms with Crippen molar-refractivity contribution < 1.29 is 24.2 Å². The Morgan fingerprint density at radius 2 is 1.86 bits per heavy atom. The van der Waals surface area contributed by atoms with E-state index in [2.05, 4.69) is 18.5 Å². The van der Waals surface area contributed by atoms with Gasteiger partial charge >= 0.3 is 12.2 Å². The number of nitrogens with one attached hydrogen (secondary N) is 1. The molecule has 0 aliphatic carbocycles. The molecule has 0 saturated heterocycles. The van der Waals surface area contributed by atoms with Gasteiger partial charge in [-0.1, -0.05) is 25.3 Å². The molecule has 0 fully saturated rings. The predicted octanol–water partition coefficient (Wildman–Crippen LogP) is 1.15. The van der Waals surface area contributed by atoms with Crippen molar-refractivity contribution in [3.8, 4) is 0 Å². The first-order valence-corrected chi connectivity index (χ1v) is 6.60. The van der Waals surface area contributed by atoms with Gasteiger partial charge in [0.25, 0.3) is 0 Å². The minimum absolute atomic E-state index is 0.110. The first-order valence-electron chi connectivity index (χ1n) is 6.60. The average Bonchev–Trinajstić information content (AvgIpc) is 2.45. The highest BCUT2D eigenvalue weighted by molar-refractivity contribution is 5.68. The maximum Gasteiger partial charge on any atom is 0.409 e.